The van der Waals surface area contributed by atoms with E-state index in [0.717, 1.165) is 6.26 Å². The van der Waals surface area contributed by atoms with E-state index in [1.54, 1.807) is 0 Å². The summed E-state index contributed by atoms with van der Waals surface area (Å²) in [7, 11) is -2.17. The summed E-state index contributed by atoms with van der Waals surface area (Å²) in [6.07, 6.45) is 0.925. The fourth-order valence-corrected chi connectivity index (χ4v) is 1.35. The van der Waals surface area contributed by atoms with E-state index in [0.29, 0.717) is 0 Å². The topological polar surface area (TPSA) is 72.8 Å². The third kappa shape index (κ3) is 2.81. The maximum atomic E-state index is 10.7. The second-order valence-electron chi connectivity index (χ2n) is 2.62. The first-order valence-corrected chi connectivity index (χ1v) is 5.50. The first kappa shape index (κ1) is 10.6. The molecule has 0 aromatic heterocycles. The van der Waals surface area contributed by atoms with E-state index in [1.165, 1.54) is 25.3 Å². The van der Waals surface area contributed by atoms with E-state index < -0.39 is 10.1 Å². The van der Waals surface area contributed by atoms with Gasteiger partial charge in [-0.1, -0.05) is 0 Å². The van der Waals surface area contributed by atoms with Gasteiger partial charge in [-0.15, -0.1) is 0 Å². The molecule has 0 saturated carbocycles. The smallest absolute Gasteiger partial charge is 0.306 e. The van der Waals surface area contributed by atoms with Crippen molar-refractivity contribution in [3.8, 4) is 17.2 Å². The molecule has 0 radical (unpaired) electrons. The Morgan fingerprint density at radius 3 is 2.43 bits per heavy atom. The van der Waals surface area contributed by atoms with Crippen LogP contribution in [0.1, 0.15) is 0 Å². The molecule has 1 N–H and O–H groups in total. The lowest BCUT2D eigenvalue weighted by Crippen LogP contribution is -2.05. The van der Waals surface area contributed by atoms with Gasteiger partial charge in [0.05, 0.1) is 13.4 Å². The average Bonchev–Trinajstić information content (AvgIpc) is 2.01. The van der Waals surface area contributed by atoms with Crippen molar-refractivity contribution in [1.29, 1.82) is 0 Å². The molecule has 0 amide bonds. The number of methoxy groups -OCH3 is 1. The maximum absolute atomic E-state index is 10.7. The second-order valence-corrected chi connectivity index (χ2v) is 4.20. The van der Waals surface area contributed by atoms with Gasteiger partial charge >= 0.3 is 10.1 Å². The summed E-state index contributed by atoms with van der Waals surface area (Å²) in [5.41, 5.74) is 0. The van der Waals surface area contributed by atoms with E-state index in [4.69, 9.17) is 4.74 Å². The molecule has 0 fully saturated rings. The summed E-state index contributed by atoms with van der Waals surface area (Å²) in [6, 6.07) is 3.97. The molecule has 6 heteroatoms. The van der Waals surface area contributed by atoms with Crippen LogP contribution in [0.25, 0.3) is 0 Å². The minimum atomic E-state index is -3.57. The van der Waals surface area contributed by atoms with Crippen LogP contribution in [0.15, 0.2) is 18.2 Å². The van der Waals surface area contributed by atoms with Crippen LogP contribution in [0.2, 0.25) is 0 Å². The van der Waals surface area contributed by atoms with Crippen LogP contribution in [-0.2, 0) is 10.1 Å². The van der Waals surface area contributed by atoms with Crippen molar-refractivity contribution < 1.29 is 22.4 Å². The van der Waals surface area contributed by atoms with E-state index in [-0.39, 0.29) is 17.2 Å². The largest absolute Gasteiger partial charge is 0.504 e. The molecule has 0 saturated heterocycles. The highest BCUT2D eigenvalue weighted by atomic mass is 32.2. The van der Waals surface area contributed by atoms with E-state index >= 15 is 0 Å². The zero-order chi connectivity index (χ0) is 10.8. The SMILES string of the molecule is COc1ccc(OS(C)(=O)=O)cc1O. The Morgan fingerprint density at radius 2 is 2.00 bits per heavy atom. The van der Waals surface area contributed by atoms with Gasteiger partial charge in [0, 0.05) is 6.07 Å². The number of rotatable bonds is 3. The van der Waals surface area contributed by atoms with Gasteiger partial charge < -0.3 is 14.0 Å². The summed E-state index contributed by atoms with van der Waals surface area (Å²) in [5.74, 6) is 0.130. The molecule has 0 unspecified atom stereocenters. The molecule has 1 aromatic carbocycles. The van der Waals surface area contributed by atoms with Gasteiger partial charge in [0.2, 0.25) is 0 Å². The van der Waals surface area contributed by atoms with Crippen molar-refractivity contribution >= 4 is 10.1 Å². The normalized spacial score (nSPS) is 11.0. The van der Waals surface area contributed by atoms with Crippen LogP contribution in [0.4, 0.5) is 0 Å². The van der Waals surface area contributed by atoms with Crippen molar-refractivity contribution in [2.75, 3.05) is 13.4 Å². The molecule has 1 aromatic rings. The van der Waals surface area contributed by atoms with Crippen molar-refractivity contribution in [3.63, 3.8) is 0 Å². The fourth-order valence-electron chi connectivity index (χ4n) is 0.896. The molecule has 0 bridgehead atoms. The third-order valence-corrected chi connectivity index (χ3v) is 1.89. The zero-order valence-corrected chi connectivity index (χ0v) is 8.54. The Labute approximate surface area is 82.0 Å². The first-order valence-electron chi connectivity index (χ1n) is 3.69. The molecule has 14 heavy (non-hydrogen) atoms. The Hall–Kier alpha value is -1.43. The number of benzene rings is 1. The molecule has 1 rings (SSSR count). The van der Waals surface area contributed by atoms with Crippen molar-refractivity contribution in [2.24, 2.45) is 0 Å². The van der Waals surface area contributed by atoms with Gasteiger partial charge in [0.15, 0.2) is 11.5 Å². The Bertz CT molecular complexity index is 423. The molecule has 0 aliphatic heterocycles. The highest BCUT2D eigenvalue weighted by Crippen LogP contribution is 2.30. The number of ether oxygens (including phenoxy) is 1. The van der Waals surface area contributed by atoms with Crippen molar-refractivity contribution in [3.05, 3.63) is 18.2 Å². The van der Waals surface area contributed by atoms with Crippen LogP contribution >= 0.6 is 0 Å². The highest BCUT2D eigenvalue weighted by Gasteiger charge is 2.07. The van der Waals surface area contributed by atoms with Gasteiger partial charge in [-0.3, -0.25) is 0 Å². The molecule has 0 aliphatic rings. The molecular formula is C8H10O5S. The molecule has 0 spiro atoms. The standard InChI is InChI=1S/C8H10O5S/c1-12-8-4-3-6(5-7(8)9)13-14(2,10)11/h3-5,9H,1-2H3. The Kier molecular flexibility index (Phi) is 2.85. The van der Waals surface area contributed by atoms with Crippen molar-refractivity contribution in [1.82, 2.24) is 0 Å². The quantitative estimate of drug-likeness (QED) is 0.757. The second kappa shape index (κ2) is 3.75. The van der Waals surface area contributed by atoms with Crippen LogP contribution < -0.4 is 8.92 Å². The van der Waals surface area contributed by atoms with Gasteiger partial charge in [-0.2, -0.15) is 8.42 Å². The maximum Gasteiger partial charge on any atom is 0.306 e. The van der Waals surface area contributed by atoms with Crippen molar-refractivity contribution in [2.45, 2.75) is 0 Å². The monoisotopic (exact) mass is 218 g/mol. The number of phenolic OH excluding ortho intramolecular Hbond substituents is 1. The van der Waals surface area contributed by atoms with E-state index in [2.05, 4.69) is 4.18 Å². The number of phenols is 1. The Morgan fingerprint density at radius 1 is 1.36 bits per heavy atom. The van der Waals surface area contributed by atoms with Crippen LogP contribution in [0.3, 0.4) is 0 Å². The Balaban J connectivity index is 2.98. The predicted molar refractivity (Wildman–Crippen MR) is 50.1 cm³/mol. The van der Waals surface area contributed by atoms with Gasteiger partial charge in [0.25, 0.3) is 0 Å². The number of hydrogen-bond donors (Lipinski definition) is 1. The molecule has 0 aliphatic carbocycles. The van der Waals surface area contributed by atoms with Gasteiger partial charge in [-0.25, -0.2) is 0 Å². The lowest BCUT2D eigenvalue weighted by molar-refractivity contribution is 0.371. The molecule has 78 valence electrons. The summed E-state index contributed by atoms with van der Waals surface area (Å²) >= 11 is 0. The average molecular weight is 218 g/mol. The molecule has 5 nitrogen and oxygen atoms in total. The molecular weight excluding hydrogens is 208 g/mol. The summed E-state index contributed by atoms with van der Waals surface area (Å²) in [6.45, 7) is 0. The summed E-state index contributed by atoms with van der Waals surface area (Å²) in [5, 5.41) is 9.29. The highest BCUT2D eigenvalue weighted by molar-refractivity contribution is 7.86. The fraction of sp³-hybridized carbons (Fsp3) is 0.250. The zero-order valence-electron chi connectivity index (χ0n) is 7.72. The van der Waals surface area contributed by atoms with Crippen LogP contribution in [-0.4, -0.2) is 26.9 Å². The van der Waals surface area contributed by atoms with Gasteiger partial charge in [-0.05, 0) is 12.1 Å². The predicted octanol–water partition coefficient (Wildman–Crippen LogP) is 0.739. The minimum Gasteiger partial charge on any atom is -0.504 e. The molecule has 0 heterocycles. The number of hydrogen-bond acceptors (Lipinski definition) is 5. The first-order chi connectivity index (χ1) is 6.42. The summed E-state index contributed by atoms with van der Waals surface area (Å²) in [4.78, 5) is 0. The van der Waals surface area contributed by atoms with Crippen LogP contribution in [0.5, 0.6) is 17.2 Å². The van der Waals surface area contributed by atoms with E-state index in [9.17, 15) is 13.5 Å². The number of aromatic hydroxyl groups is 1. The van der Waals surface area contributed by atoms with Crippen LogP contribution in [0, 0.1) is 0 Å². The lowest BCUT2D eigenvalue weighted by atomic mass is 10.3. The minimum absolute atomic E-state index is 0.0470. The molecule has 0 atom stereocenters. The summed E-state index contributed by atoms with van der Waals surface area (Å²) < 4.78 is 30.8. The van der Waals surface area contributed by atoms with Gasteiger partial charge in [0.1, 0.15) is 5.75 Å². The third-order valence-electron chi connectivity index (χ3n) is 1.40. The lowest BCUT2D eigenvalue weighted by Gasteiger charge is -2.05. The van der Waals surface area contributed by atoms with E-state index in [1.807, 2.05) is 0 Å².